The first-order valence-corrected chi connectivity index (χ1v) is 5.23. The van der Waals surface area contributed by atoms with Gasteiger partial charge in [-0.15, -0.1) is 0 Å². The first-order valence-electron chi connectivity index (χ1n) is 5.23. The van der Waals surface area contributed by atoms with E-state index in [2.05, 4.69) is 10.6 Å². The number of nitrogens with one attached hydrogen (secondary N) is 2. The first kappa shape index (κ1) is 15.2. The molecule has 98 valence electrons. The molecule has 0 spiro atoms. The SMILES string of the molecule is CC(C)[C@H](NC(=O)NCC(=O)N(C)C)C(=O)O. The molecular formula is C10H19N3O4. The van der Waals surface area contributed by atoms with Crippen LogP contribution in [-0.4, -0.2) is 54.6 Å². The van der Waals surface area contributed by atoms with Gasteiger partial charge in [-0.2, -0.15) is 0 Å². The summed E-state index contributed by atoms with van der Waals surface area (Å²) in [5.41, 5.74) is 0. The van der Waals surface area contributed by atoms with Crippen LogP contribution in [0.15, 0.2) is 0 Å². The molecule has 0 bridgehead atoms. The van der Waals surface area contributed by atoms with Gasteiger partial charge in [0, 0.05) is 14.1 Å². The molecule has 7 nitrogen and oxygen atoms in total. The third-order valence-electron chi connectivity index (χ3n) is 2.12. The summed E-state index contributed by atoms with van der Waals surface area (Å²) in [6.45, 7) is 3.21. The number of carboxylic acids is 1. The molecule has 3 N–H and O–H groups in total. The third kappa shape index (κ3) is 5.74. The highest BCUT2D eigenvalue weighted by molar-refractivity contribution is 5.86. The molecule has 0 rings (SSSR count). The van der Waals surface area contributed by atoms with Gasteiger partial charge in [-0.1, -0.05) is 13.8 Å². The van der Waals surface area contributed by atoms with E-state index in [4.69, 9.17) is 5.11 Å². The fraction of sp³-hybridized carbons (Fsp3) is 0.700. The summed E-state index contributed by atoms with van der Waals surface area (Å²) in [5, 5.41) is 13.4. The number of hydrogen-bond donors (Lipinski definition) is 3. The number of rotatable bonds is 5. The minimum atomic E-state index is -1.10. The highest BCUT2D eigenvalue weighted by Crippen LogP contribution is 2.00. The Morgan fingerprint density at radius 2 is 1.76 bits per heavy atom. The molecular weight excluding hydrogens is 226 g/mol. The van der Waals surface area contributed by atoms with Gasteiger partial charge >= 0.3 is 12.0 Å². The van der Waals surface area contributed by atoms with Crippen LogP contribution in [0.4, 0.5) is 4.79 Å². The van der Waals surface area contributed by atoms with Crippen molar-refractivity contribution in [2.45, 2.75) is 19.9 Å². The second kappa shape index (κ2) is 6.72. The summed E-state index contributed by atoms with van der Waals surface area (Å²) in [6.07, 6.45) is 0. The van der Waals surface area contributed by atoms with Crippen molar-refractivity contribution in [1.29, 1.82) is 0 Å². The number of nitrogens with zero attached hydrogens (tertiary/aromatic N) is 1. The average Bonchev–Trinajstić information content (AvgIpc) is 2.21. The standard InChI is InChI=1S/C10H19N3O4/c1-6(2)8(9(15)16)12-10(17)11-5-7(14)13(3)4/h6,8H,5H2,1-4H3,(H,15,16)(H2,11,12,17)/t8-/m0/s1. The molecule has 0 fully saturated rings. The van der Waals surface area contributed by atoms with Crippen LogP contribution >= 0.6 is 0 Å². The van der Waals surface area contributed by atoms with Crippen LogP contribution in [0.2, 0.25) is 0 Å². The molecule has 0 radical (unpaired) electrons. The van der Waals surface area contributed by atoms with E-state index in [0.717, 1.165) is 0 Å². The van der Waals surface area contributed by atoms with Gasteiger partial charge in [-0.3, -0.25) is 4.79 Å². The second-order valence-corrected chi connectivity index (χ2v) is 4.18. The Balaban J connectivity index is 4.17. The fourth-order valence-electron chi connectivity index (χ4n) is 1.02. The molecule has 0 saturated heterocycles. The number of likely N-dealkylation sites (N-methyl/N-ethyl adjacent to an activating group) is 1. The summed E-state index contributed by atoms with van der Waals surface area (Å²) in [6, 6.07) is -1.63. The third-order valence-corrected chi connectivity index (χ3v) is 2.12. The van der Waals surface area contributed by atoms with Crippen molar-refractivity contribution in [1.82, 2.24) is 15.5 Å². The van der Waals surface area contributed by atoms with Crippen molar-refractivity contribution in [3.63, 3.8) is 0 Å². The summed E-state index contributed by atoms with van der Waals surface area (Å²) in [4.78, 5) is 34.6. The van der Waals surface area contributed by atoms with E-state index >= 15 is 0 Å². The van der Waals surface area contributed by atoms with Gasteiger partial charge in [0.05, 0.1) is 6.54 Å². The lowest BCUT2D eigenvalue weighted by Crippen LogP contribution is -2.50. The number of hydrogen-bond acceptors (Lipinski definition) is 3. The molecule has 0 aliphatic rings. The van der Waals surface area contributed by atoms with Crippen LogP contribution in [0.25, 0.3) is 0 Å². The van der Waals surface area contributed by atoms with Gasteiger partial charge < -0.3 is 20.6 Å². The highest BCUT2D eigenvalue weighted by atomic mass is 16.4. The zero-order valence-corrected chi connectivity index (χ0v) is 10.5. The van der Waals surface area contributed by atoms with E-state index in [-0.39, 0.29) is 18.4 Å². The van der Waals surface area contributed by atoms with Crippen molar-refractivity contribution in [3.05, 3.63) is 0 Å². The van der Waals surface area contributed by atoms with E-state index in [1.165, 1.54) is 4.90 Å². The van der Waals surface area contributed by atoms with Crippen LogP contribution in [-0.2, 0) is 9.59 Å². The predicted octanol–water partition coefficient (Wildman–Crippen LogP) is -0.517. The molecule has 0 unspecified atom stereocenters. The first-order chi connectivity index (χ1) is 7.75. The number of amides is 3. The van der Waals surface area contributed by atoms with Crippen LogP contribution in [0, 0.1) is 5.92 Å². The largest absolute Gasteiger partial charge is 0.480 e. The number of carboxylic acid groups (broad SMARTS) is 1. The second-order valence-electron chi connectivity index (χ2n) is 4.18. The van der Waals surface area contributed by atoms with Crippen LogP contribution in [0.1, 0.15) is 13.8 Å². The van der Waals surface area contributed by atoms with E-state index < -0.39 is 18.0 Å². The zero-order chi connectivity index (χ0) is 13.6. The minimum Gasteiger partial charge on any atom is -0.480 e. The topological polar surface area (TPSA) is 98.7 Å². The maximum atomic E-state index is 11.3. The van der Waals surface area contributed by atoms with Gasteiger partial charge in [-0.25, -0.2) is 9.59 Å². The quantitative estimate of drug-likeness (QED) is 0.607. The molecule has 0 aromatic heterocycles. The van der Waals surface area contributed by atoms with E-state index in [1.807, 2.05) is 0 Å². The van der Waals surface area contributed by atoms with E-state index in [1.54, 1.807) is 27.9 Å². The Morgan fingerprint density at radius 3 is 2.12 bits per heavy atom. The minimum absolute atomic E-state index is 0.163. The van der Waals surface area contributed by atoms with Crippen LogP contribution in [0.5, 0.6) is 0 Å². The lowest BCUT2D eigenvalue weighted by molar-refractivity contribution is -0.140. The number of urea groups is 1. The lowest BCUT2D eigenvalue weighted by Gasteiger charge is -2.18. The Kier molecular flexibility index (Phi) is 6.01. The smallest absolute Gasteiger partial charge is 0.326 e. The molecule has 1 atom stereocenters. The van der Waals surface area contributed by atoms with Gasteiger partial charge in [0.15, 0.2) is 0 Å². The van der Waals surface area contributed by atoms with Gasteiger partial charge in [0.1, 0.15) is 6.04 Å². The Morgan fingerprint density at radius 1 is 1.24 bits per heavy atom. The normalized spacial score (nSPS) is 11.8. The Hall–Kier alpha value is -1.79. The molecule has 0 aliphatic heterocycles. The van der Waals surface area contributed by atoms with Gasteiger partial charge in [-0.05, 0) is 5.92 Å². The molecule has 0 aromatic carbocycles. The molecule has 3 amide bonds. The van der Waals surface area contributed by atoms with Gasteiger partial charge in [0.2, 0.25) is 5.91 Å². The highest BCUT2D eigenvalue weighted by Gasteiger charge is 2.23. The Bertz CT molecular complexity index is 302. The van der Waals surface area contributed by atoms with Crippen LogP contribution < -0.4 is 10.6 Å². The van der Waals surface area contributed by atoms with E-state index in [0.29, 0.717) is 0 Å². The van der Waals surface area contributed by atoms with Crippen molar-refractivity contribution >= 4 is 17.9 Å². The zero-order valence-electron chi connectivity index (χ0n) is 10.5. The van der Waals surface area contributed by atoms with Gasteiger partial charge in [0.25, 0.3) is 0 Å². The number of aliphatic carboxylic acids is 1. The lowest BCUT2D eigenvalue weighted by atomic mass is 10.1. The summed E-state index contributed by atoms with van der Waals surface area (Å²) in [5.74, 6) is -1.60. The molecule has 0 heterocycles. The van der Waals surface area contributed by atoms with Crippen molar-refractivity contribution < 1.29 is 19.5 Å². The monoisotopic (exact) mass is 245 g/mol. The van der Waals surface area contributed by atoms with Crippen molar-refractivity contribution in [3.8, 4) is 0 Å². The molecule has 7 heteroatoms. The summed E-state index contributed by atoms with van der Waals surface area (Å²) in [7, 11) is 3.13. The molecule has 0 saturated carbocycles. The molecule has 17 heavy (non-hydrogen) atoms. The number of carbonyl (C=O) groups excluding carboxylic acids is 2. The summed E-state index contributed by atoms with van der Waals surface area (Å²) >= 11 is 0. The molecule has 0 aromatic rings. The van der Waals surface area contributed by atoms with Crippen molar-refractivity contribution in [2.24, 2.45) is 5.92 Å². The summed E-state index contributed by atoms with van der Waals surface area (Å²) < 4.78 is 0. The Labute approximate surface area is 100 Å². The van der Waals surface area contributed by atoms with Crippen molar-refractivity contribution in [2.75, 3.05) is 20.6 Å². The maximum Gasteiger partial charge on any atom is 0.326 e. The van der Waals surface area contributed by atoms with E-state index in [9.17, 15) is 14.4 Å². The average molecular weight is 245 g/mol. The van der Waals surface area contributed by atoms with Crippen LogP contribution in [0.3, 0.4) is 0 Å². The molecule has 0 aliphatic carbocycles. The fourth-order valence-corrected chi connectivity index (χ4v) is 1.02. The predicted molar refractivity (Wildman–Crippen MR) is 61.5 cm³/mol. The number of carbonyl (C=O) groups is 3. The maximum absolute atomic E-state index is 11.3.